The average molecular weight is 193 g/mol. The van der Waals surface area contributed by atoms with Gasteiger partial charge in [-0.05, 0) is 12.8 Å². The summed E-state index contributed by atoms with van der Waals surface area (Å²) in [4.78, 5) is 10.7. The van der Waals surface area contributed by atoms with Crippen LogP contribution in [0.2, 0.25) is 0 Å². The number of esters is 1. The van der Waals surface area contributed by atoms with Crippen molar-refractivity contribution in [3.63, 3.8) is 0 Å². The molecular formula is C6H9BrO2. The Bertz CT molecular complexity index is 110. The highest BCUT2D eigenvalue weighted by molar-refractivity contribution is 9.09. The van der Waals surface area contributed by atoms with Gasteiger partial charge in [0.2, 0.25) is 0 Å². The first-order chi connectivity index (χ1) is 4.34. The minimum Gasteiger partial charge on any atom is -0.465 e. The molecule has 0 saturated heterocycles. The molecule has 52 valence electrons. The molecule has 1 fully saturated rings. The molecule has 0 aromatic heterocycles. The molecule has 0 amide bonds. The molecule has 0 radical (unpaired) electrons. The van der Waals surface area contributed by atoms with Crippen LogP contribution in [0.25, 0.3) is 0 Å². The van der Waals surface area contributed by atoms with Crippen molar-refractivity contribution < 1.29 is 9.53 Å². The Morgan fingerprint density at radius 1 is 1.67 bits per heavy atom. The number of alkyl halides is 1. The van der Waals surface area contributed by atoms with Crippen LogP contribution in [0, 0.1) is 5.92 Å². The average Bonchev–Trinajstić information content (AvgIpc) is 2.63. The number of carbonyl (C=O) groups is 1. The second-order valence-electron chi connectivity index (χ2n) is 2.13. The maximum atomic E-state index is 10.7. The van der Waals surface area contributed by atoms with Gasteiger partial charge in [0.15, 0.2) is 0 Å². The zero-order valence-corrected chi connectivity index (χ0v) is 6.69. The molecule has 1 aliphatic rings. The third kappa shape index (κ3) is 2.35. The molecule has 9 heavy (non-hydrogen) atoms. The highest BCUT2D eigenvalue weighted by Crippen LogP contribution is 2.29. The van der Waals surface area contributed by atoms with Gasteiger partial charge in [0.1, 0.15) is 6.61 Å². The lowest BCUT2D eigenvalue weighted by atomic mass is 10.4. The van der Waals surface area contributed by atoms with Crippen molar-refractivity contribution in [1.82, 2.24) is 0 Å². The normalized spacial score (nSPS) is 17.4. The molecule has 0 aromatic rings. The van der Waals surface area contributed by atoms with E-state index in [9.17, 15) is 4.79 Å². The van der Waals surface area contributed by atoms with Crippen LogP contribution in [0.5, 0.6) is 0 Å². The molecule has 1 aliphatic carbocycles. The van der Waals surface area contributed by atoms with E-state index in [1.807, 2.05) is 0 Å². The molecule has 0 heterocycles. The van der Waals surface area contributed by atoms with Gasteiger partial charge in [-0.2, -0.15) is 0 Å². The van der Waals surface area contributed by atoms with Crippen molar-refractivity contribution in [2.45, 2.75) is 12.8 Å². The lowest BCUT2D eigenvalue weighted by Gasteiger charge is -1.97. The summed E-state index contributed by atoms with van der Waals surface area (Å²) < 4.78 is 4.83. The largest absolute Gasteiger partial charge is 0.465 e. The third-order valence-corrected chi connectivity index (χ3v) is 1.56. The Balaban J connectivity index is 2.03. The first kappa shape index (κ1) is 7.06. The summed E-state index contributed by atoms with van der Waals surface area (Å²) in [5, 5.41) is 0.742. The van der Waals surface area contributed by atoms with Crippen molar-refractivity contribution in [3.8, 4) is 0 Å². The number of hydrogen-bond acceptors (Lipinski definition) is 2. The van der Waals surface area contributed by atoms with Crippen LogP contribution < -0.4 is 0 Å². The van der Waals surface area contributed by atoms with Crippen molar-refractivity contribution in [2.24, 2.45) is 5.92 Å². The summed E-state index contributed by atoms with van der Waals surface area (Å²) in [5.74, 6) is 0.221. The van der Waals surface area contributed by atoms with Crippen LogP contribution in [0.3, 0.4) is 0 Å². The molecule has 0 atom stereocenters. The summed E-state index contributed by atoms with van der Waals surface area (Å²) in [6.07, 6.45) is 2.06. The zero-order chi connectivity index (χ0) is 6.69. The van der Waals surface area contributed by atoms with Crippen LogP contribution in [0.15, 0.2) is 0 Å². The molecule has 2 nitrogen and oxygen atoms in total. The van der Waals surface area contributed by atoms with Crippen molar-refractivity contribution in [2.75, 3.05) is 11.9 Å². The monoisotopic (exact) mass is 192 g/mol. The first-order valence-corrected chi connectivity index (χ1v) is 4.19. The van der Waals surface area contributed by atoms with E-state index >= 15 is 0 Å². The van der Waals surface area contributed by atoms with E-state index < -0.39 is 0 Å². The van der Waals surface area contributed by atoms with Crippen molar-refractivity contribution >= 4 is 21.9 Å². The first-order valence-electron chi connectivity index (χ1n) is 3.07. The predicted molar refractivity (Wildman–Crippen MR) is 37.5 cm³/mol. The number of rotatable bonds is 3. The van der Waals surface area contributed by atoms with Crippen molar-refractivity contribution in [3.05, 3.63) is 0 Å². The fourth-order valence-electron chi connectivity index (χ4n) is 0.576. The maximum Gasteiger partial charge on any atom is 0.308 e. The van der Waals surface area contributed by atoms with E-state index in [2.05, 4.69) is 15.9 Å². The fourth-order valence-corrected chi connectivity index (χ4v) is 0.738. The molecule has 1 saturated carbocycles. The molecule has 0 unspecified atom stereocenters. The van der Waals surface area contributed by atoms with E-state index in [1.165, 1.54) is 0 Å². The Hall–Kier alpha value is -0.0500. The van der Waals surface area contributed by atoms with Crippen LogP contribution in [0.1, 0.15) is 12.8 Å². The number of halogens is 1. The number of hydrogen-bond donors (Lipinski definition) is 0. The summed E-state index contributed by atoms with van der Waals surface area (Å²) >= 11 is 3.17. The molecule has 0 bridgehead atoms. The van der Waals surface area contributed by atoms with Gasteiger partial charge in [0.05, 0.1) is 5.92 Å². The molecule has 1 rings (SSSR count). The Morgan fingerprint density at radius 3 is 2.78 bits per heavy atom. The molecular weight excluding hydrogens is 184 g/mol. The highest BCUT2D eigenvalue weighted by atomic mass is 79.9. The van der Waals surface area contributed by atoms with Crippen LogP contribution >= 0.6 is 15.9 Å². The van der Waals surface area contributed by atoms with Gasteiger partial charge in [-0.1, -0.05) is 15.9 Å². The van der Waals surface area contributed by atoms with E-state index in [-0.39, 0.29) is 11.9 Å². The summed E-state index contributed by atoms with van der Waals surface area (Å²) in [7, 11) is 0. The maximum absolute atomic E-state index is 10.7. The zero-order valence-electron chi connectivity index (χ0n) is 5.10. The predicted octanol–water partition coefficient (Wildman–Crippen LogP) is 1.33. The Labute approximate surface area is 62.7 Å². The minimum atomic E-state index is -0.0190. The summed E-state index contributed by atoms with van der Waals surface area (Å²) in [5.41, 5.74) is 0. The summed E-state index contributed by atoms with van der Waals surface area (Å²) in [6.45, 7) is 0.509. The van der Waals surface area contributed by atoms with Gasteiger partial charge >= 0.3 is 5.97 Å². The number of carbonyl (C=O) groups excluding carboxylic acids is 1. The quantitative estimate of drug-likeness (QED) is 0.499. The van der Waals surface area contributed by atoms with Gasteiger partial charge in [-0.3, -0.25) is 4.79 Å². The van der Waals surface area contributed by atoms with Crippen molar-refractivity contribution in [1.29, 1.82) is 0 Å². The lowest BCUT2D eigenvalue weighted by molar-refractivity contribution is -0.144. The topological polar surface area (TPSA) is 26.3 Å². The fraction of sp³-hybridized carbons (Fsp3) is 0.833. The van der Waals surface area contributed by atoms with E-state index in [0.717, 1.165) is 18.2 Å². The highest BCUT2D eigenvalue weighted by Gasteiger charge is 2.30. The Kier molecular flexibility index (Phi) is 2.51. The number of ether oxygens (including phenoxy) is 1. The van der Waals surface area contributed by atoms with Gasteiger partial charge in [0, 0.05) is 5.33 Å². The van der Waals surface area contributed by atoms with Gasteiger partial charge in [-0.25, -0.2) is 0 Å². The summed E-state index contributed by atoms with van der Waals surface area (Å²) in [6, 6.07) is 0. The van der Waals surface area contributed by atoms with Gasteiger partial charge < -0.3 is 4.74 Å². The second kappa shape index (κ2) is 3.20. The third-order valence-electron chi connectivity index (χ3n) is 1.23. The second-order valence-corrected chi connectivity index (χ2v) is 2.92. The standard InChI is InChI=1S/C6H9BrO2/c7-3-4-9-6(8)5-1-2-5/h5H,1-4H2. The van der Waals surface area contributed by atoms with Crippen LogP contribution in [-0.4, -0.2) is 17.9 Å². The minimum absolute atomic E-state index is 0.0190. The molecule has 0 aliphatic heterocycles. The van der Waals surface area contributed by atoms with E-state index in [1.54, 1.807) is 0 Å². The lowest BCUT2D eigenvalue weighted by Crippen LogP contribution is -2.07. The van der Waals surface area contributed by atoms with Gasteiger partial charge in [-0.15, -0.1) is 0 Å². The van der Waals surface area contributed by atoms with Gasteiger partial charge in [0.25, 0.3) is 0 Å². The van der Waals surface area contributed by atoms with Crippen LogP contribution in [0.4, 0.5) is 0 Å². The van der Waals surface area contributed by atoms with Crippen LogP contribution in [-0.2, 0) is 9.53 Å². The molecule has 0 spiro atoms. The molecule has 0 aromatic carbocycles. The van der Waals surface area contributed by atoms with E-state index in [0.29, 0.717) is 6.61 Å². The van der Waals surface area contributed by atoms with E-state index in [4.69, 9.17) is 4.74 Å². The smallest absolute Gasteiger partial charge is 0.308 e. The molecule has 0 N–H and O–H groups in total. The molecule has 3 heteroatoms. The SMILES string of the molecule is O=C(OCCBr)C1CC1. The Morgan fingerprint density at radius 2 is 2.33 bits per heavy atom.